The molecule has 2 unspecified atom stereocenters. The van der Waals surface area contributed by atoms with Crippen LogP contribution in [0.4, 0.5) is 4.39 Å². The van der Waals surface area contributed by atoms with Crippen LogP contribution in [0.1, 0.15) is 27.5 Å². The van der Waals surface area contributed by atoms with Gasteiger partial charge >= 0.3 is 0 Å². The number of hydrogen-bond donors (Lipinski definition) is 2. The van der Waals surface area contributed by atoms with Crippen molar-refractivity contribution in [1.82, 2.24) is 10.3 Å². The Bertz CT molecular complexity index is 660. The molecule has 0 saturated carbocycles. The van der Waals surface area contributed by atoms with E-state index in [4.69, 9.17) is 0 Å². The minimum absolute atomic E-state index is 0.0726. The van der Waals surface area contributed by atoms with Gasteiger partial charge in [0.05, 0.1) is 23.9 Å². The summed E-state index contributed by atoms with van der Waals surface area (Å²) in [6.07, 6.45) is 2.14. The summed E-state index contributed by atoms with van der Waals surface area (Å²) in [5.74, 6) is -1.23. The van der Waals surface area contributed by atoms with Crippen LogP contribution in [0.2, 0.25) is 0 Å². The average molecular weight is 272 g/mol. The maximum Gasteiger partial charge on any atom is 0.254 e. The van der Waals surface area contributed by atoms with Gasteiger partial charge in [0.25, 0.3) is 5.91 Å². The molecule has 2 aromatic rings. The lowest BCUT2D eigenvalue weighted by atomic mass is 10.1. The van der Waals surface area contributed by atoms with Gasteiger partial charge in [-0.05, 0) is 17.2 Å². The van der Waals surface area contributed by atoms with Gasteiger partial charge in [-0.1, -0.05) is 24.3 Å². The van der Waals surface area contributed by atoms with Gasteiger partial charge in [0, 0.05) is 12.6 Å². The van der Waals surface area contributed by atoms with Gasteiger partial charge in [-0.2, -0.15) is 0 Å². The van der Waals surface area contributed by atoms with Gasteiger partial charge in [-0.15, -0.1) is 0 Å². The summed E-state index contributed by atoms with van der Waals surface area (Å²) in [5.41, 5.74) is 1.81. The Hall–Kier alpha value is -2.27. The Kier molecular flexibility index (Phi) is 3.20. The smallest absolute Gasteiger partial charge is 0.254 e. The van der Waals surface area contributed by atoms with Crippen LogP contribution in [0.15, 0.2) is 42.7 Å². The molecule has 1 amide bonds. The van der Waals surface area contributed by atoms with Crippen molar-refractivity contribution in [2.24, 2.45) is 0 Å². The highest BCUT2D eigenvalue weighted by atomic mass is 19.1. The predicted octanol–water partition coefficient (Wildman–Crippen LogP) is 1.61. The monoisotopic (exact) mass is 272 g/mol. The van der Waals surface area contributed by atoms with Gasteiger partial charge in [0.15, 0.2) is 5.82 Å². The molecule has 0 radical (unpaired) electrons. The number of aliphatic hydroxyl groups excluding tert-OH is 1. The Morgan fingerprint density at radius 2 is 2.15 bits per heavy atom. The van der Waals surface area contributed by atoms with E-state index in [1.54, 1.807) is 0 Å². The first kappa shape index (κ1) is 12.7. The van der Waals surface area contributed by atoms with Crippen molar-refractivity contribution in [1.29, 1.82) is 0 Å². The third-order valence-electron chi connectivity index (χ3n) is 3.51. The Labute approximate surface area is 115 Å². The van der Waals surface area contributed by atoms with Crippen molar-refractivity contribution in [2.75, 3.05) is 0 Å². The molecular weight excluding hydrogens is 259 g/mol. The van der Waals surface area contributed by atoms with E-state index in [1.165, 1.54) is 12.3 Å². The molecule has 0 spiro atoms. The van der Waals surface area contributed by atoms with Crippen molar-refractivity contribution >= 4 is 5.91 Å². The molecule has 0 saturated heterocycles. The Balaban J connectivity index is 1.85. The summed E-state index contributed by atoms with van der Waals surface area (Å²) in [4.78, 5) is 15.7. The number of amides is 1. The van der Waals surface area contributed by atoms with E-state index in [9.17, 15) is 14.3 Å². The molecule has 0 aliphatic heterocycles. The first-order chi connectivity index (χ1) is 9.66. The topological polar surface area (TPSA) is 62.2 Å². The molecule has 0 bridgehead atoms. The molecule has 1 aliphatic carbocycles. The fourth-order valence-corrected chi connectivity index (χ4v) is 2.53. The van der Waals surface area contributed by atoms with Gasteiger partial charge in [0.2, 0.25) is 0 Å². The van der Waals surface area contributed by atoms with Crippen molar-refractivity contribution in [3.63, 3.8) is 0 Å². The lowest BCUT2D eigenvalue weighted by Gasteiger charge is -2.18. The molecule has 5 heteroatoms. The van der Waals surface area contributed by atoms with Gasteiger partial charge < -0.3 is 10.4 Å². The number of hydrogen-bond acceptors (Lipinski definition) is 3. The second-order valence-electron chi connectivity index (χ2n) is 4.78. The third kappa shape index (κ3) is 2.16. The number of rotatable bonds is 2. The zero-order chi connectivity index (χ0) is 14.1. The second-order valence-corrected chi connectivity index (χ2v) is 4.78. The fourth-order valence-electron chi connectivity index (χ4n) is 2.53. The number of fused-ring (bicyclic) bond motifs is 1. The molecule has 1 heterocycles. The molecule has 3 rings (SSSR count). The van der Waals surface area contributed by atoms with Crippen LogP contribution in [0.25, 0.3) is 0 Å². The number of halogens is 1. The van der Waals surface area contributed by atoms with Crippen molar-refractivity contribution in [2.45, 2.75) is 18.6 Å². The zero-order valence-electron chi connectivity index (χ0n) is 10.6. The Morgan fingerprint density at radius 3 is 2.95 bits per heavy atom. The van der Waals surface area contributed by atoms with E-state index in [2.05, 4.69) is 10.3 Å². The highest BCUT2D eigenvalue weighted by molar-refractivity contribution is 5.94. The summed E-state index contributed by atoms with van der Waals surface area (Å²) in [6, 6.07) is 8.32. The highest BCUT2D eigenvalue weighted by Gasteiger charge is 2.32. The molecule has 102 valence electrons. The van der Waals surface area contributed by atoms with E-state index in [0.29, 0.717) is 6.42 Å². The predicted molar refractivity (Wildman–Crippen MR) is 70.6 cm³/mol. The van der Waals surface area contributed by atoms with E-state index in [-0.39, 0.29) is 5.56 Å². The highest BCUT2D eigenvalue weighted by Crippen LogP contribution is 2.31. The van der Waals surface area contributed by atoms with Crippen molar-refractivity contribution in [3.8, 4) is 0 Å². The summed E-state index contributed by atoms with van der Waals surface area (Å²) < 4.78 is 13.5. The van der Waals surface area contributed by atoms with Gasteiger partial charge in [-0.25, -0.2) is 4.39 Å². The minimum atomic E-state index is -0.693. The SMILES string of the molecule is O=C(NC1c2ccccc2CC1O)c1ccncc1F. The number of carbonyl (C=O) groups is 1. The lowest BCUT2D eigenvalue weighted by molar-refractivity contribution is 0.0854. The Morgan fingerprint density at radius 1 is 1.35 bits per heavy atom. The van der Waals surface area contributed by atoms with Crippen LogP contribution in [0.5, 0.6) is 0 Å². The fraction of sp³-hybridized carbons (Fsp3) is 0.200. The van der Waals surface area contributed by atoms with Crippen LogP contribution < -0.4 is 5.32 Å². The maximum absolute atomic E-state index is 13.5. The standard InChI is InChI=1S/C15H13FN2O2/c16-12-8-17-6-5-11(12)15(20)18-14-10-4-2-1-3-9(10)7-13(14)19/h1-6,8,13-14,19H,7H2,(H,18,20). The first-order valence-electron chi connectivity index (χ1n) is 6.33. The third-order valence-corrected chi connectivity index (χ3v) is 3.51. The number of pyridine rings is 1. The number of aromatic nitrogens is 1. The van der Waals surface area contributed by atoms with Crippen LogP contribution in [-0.4, -0.2) is 22.1 Å². The molecule has 2 atom stereocenters. The molecule has 0 fully saturated rings. The number of benzene rings is 1. The summed E-state index contributed by atoms with van der Waals surface area (Å²) >= 11 is 0. The van der Waals surface area contributed by atoms with E-state index in [0.717, 1.165) is 17.3 Å². The molecule has 20 heavy (non-hydrogen) atoms. The average Bonchev–Trinajstić information content (AvgIpc) is 2.76. The van der Waals surface area contributed by atoms with Crippen molar-refractivity contribution in [3.05, 3.63) is 65.2 Å². The van der Waals surface area contributed by atoms with E-state index in [1.807, 2.05) is 24.3 Å². The normalized spacial score (nSPS) is 20.5. The molecular formula is C15H13FN2O2. The number of carbonyl (C=O) groups excluding carboxylic acids is 1. The first-order valence-corrected chi connectivity index (χ1v) is 6.33. The van der Waals surface area contributed by atoms with Crippen LogP contribution in [0, 0.1) is 5.82 Å². The van der Waals surface area contributed by atoms with E-state index < -0.39 is 23.9 Å². The number of aliphatic hydroxyl groups is 1. The van der Waals surface area contributed by atoms with Crippen LogP contribution >= 0.6 is 0 Å². The zero-order valence-corrected chi connectivity index (χ0v) is 10.6. The molecule has 4 nitrogen and oxygen atoms in total. The summed E-state index contributed by atoms with van der Waals surface area (Å²) in [6.45, 7) is 0. The molecule has 1 aromatic carbocycles. The largest absolute Gasteiger partial charge is 0.390 e. The summed E-state index contributed by atoms with van der Waals surface area (Å²) in [5, 5.41) is 12.7. The molecule has 1 aromatic heterocycles. The van der Waals surface area contributed by atoms with Gasteiger partial charge in [0.1, 0.15) is 0 Å². The number of nitrogens with one attached hydrogen (secondary N) is 1. The van der Waals surface area contributed by atoms with Gasteiger partial charge in [-0.3, -0.25) is 9.78 Å². The summed E-state index contributed by atoms with van der Waals surface area (Å²) in [7, 11) is 0. The minimum Gasteiger partial charge on any atom is -0.390 e. The molecule has 1 aliphatic rings. The number of nitrogens with zero attached hydrogens (tertiary/aromatic N) is 1. The lowest BCUT2D eigenvalue weighted by Crippen LogP contribution is -2.34. The van der Waals surface area contributed by atoms with E-state index >= 15 is 0 Å². The molecule has 2 N–H and O–H groups in total. The second kappa shape index (κ2) is 5.02. The van der Waals surface area contributed by atoms with Crippen LogP contribution in [-0.2, 0) is 6.42 Å². The van der Waals surface area contributed by atoms with Crippen molar-refractivity contribution < 1.29 is 14.3 Å². The van der Waals surface area contributed by atoms with Crippen LogP contribution in [0.3, 0.4) is 0 Å². The maximum atomic E-state index is 13.5. The quantitative estimate of drug-likeness (QED) is 0.873.